The maximum Gasteiger partial charge on any atom is 0.338 e. The lowest BCUT2D eigenvalue weighted by Gasteiger charge is -2.48. The van der Waals surface area contributed by atoms with Crippen molar-refractivity contribution in [2.24, 2.45) is 23.7 Å². The van der Waals surface area contributed by atoms with Crippen LogP contribution in [0.15, 0.2) is 96.6 Å². The Labute approximate surface area is 397 Å². The molecule has 4 aromatic carbocycles. The molecule has 0 radical (unpaired) electrons. The Bertz CT molecular complexity index is 2440. The molecule has 8 rings (SSSR count). The van der Waals surface area contributed by atoms with E-state index in [-0.39, 0.29) is 48.2 Å². The van der Waals surface area contributed by atoms with E-state index in [4.69, 9.17) is 35.3 Å². The summed E-state index contributed by atoms with van der Waals surface area (Å²) in [4.78, 5) is 15.9. The fraction of sp³-hybridized carbons (Fsp3) is 0.500. The first-order valence-electron chi connectivity index (χ1n) is 23.6. The van der Waals surface area contributed by atoms with Crippen LogP contribution in [-0.4, -0.2) is 77.2 Å². The molecule has 4 aliphatic rings. The number of anilines is 1. The van der Waals surface area contributed by atoms with Gasteiger partial charge in [-0.3, -0.25) is 0 Å². The van der Waals surface area contributed by atoms with Crippen molar-refractivity contribution in [3.8, 4) is 17.2 Å². The number of methoxy groups -OCH3 is 3. The van der Waals surface area contributed by atoms with Crippen LogP contribution in [0.5, 0.6) is 17.2 Å². The van der Waals surface area contributed by atoms with Gasteiger partial charge < -0.3 is 28.6 Å². The van der Waals surface area contributed by atoms with Gasteiger partial charge in [-0.25, -0.2) is 13.2 Å². The zero-order valence-corrected chi connectivity index (χ0v) is 41.3. The molecular formula is C54H67ClN2O8S. The van der Waals surface area contributed by atoms with Gasteiger partial charge in [-0.1, -0.05) is 61.4 Å². The summed E-state index contributed by atoms with van der Waals surface area (Å²) in [6, 6.07) is 27.2. The molecule has 1 saturated carbocycles. The van der Waals surface area contributed by atoms with Gasteiger partial charge in [0.05, 0.1) is 43.9 Å². The van der Waals surface area contributed by atoms with Crippen molar-refractivity contribution in [2.75, 3.05) is 51.7 Å². The van der Waals surface area contributed by atoms with Crippen LogP contribution in [-0.2, 0) is 44.4 Å². The molecule has 1 unspecified atom stereocenters. The topological polar surface area (TPSA) is 104 Å². The van der Waals surface area contributed by atoms with Gasteiger partial charge >= 0.3 is 5.97 Å². The van der Waals surface area contributed by atoms with Gasteiger partial charge in [0, 0.05) is 43.7 Å². The van der Waals surface area contributed by atoms with Crippen molar-refractivity contribution in [3.05, 3.63) is 129 Å². The maximum absolute atomic E-state index is 14.5. The van der Waals surface area contributed by atoms with Crippen molar-refractivity contribution in [2.45, 2.75) is 103 Å². The molecule has 0 bridgehead atoms. The number of nitrogens with zero attached hydrogens (tertiary/aromatic N) is 2. The zero-order chi connectivity index (χ0) is 46.8. The average Bonchev–Trinajstić information content (AvgIpc) is 3.42. The highest BCUT2D eigenvalue weighted by atomic mass is 35.5. The number of hydrogen-bond acceptors (Lipinski definition) is 9. The summed E-state index contributed by atoms with van der Waals surface area (Å²) >= 11 is 6.54. The Kier molecular flexibility index (Phi) is 14.5. The van der Waals surface area contributed by atoms with E-state index in [1.54, 1.807) is 18.5 Å². The maximum atomic E-state index is 14.5. The summed E-state index contributed by atoms with van der Waals surface area (Å²) in [7, 11) is 1.38. The van der Waals surface area contributed by atoms with Crippen LogP contribution in [0.1, 0.15) is 98.8 Å². The average molecular weight is 940 g/mol. The first-order valence-corrected chi connectivity index (χ1v) is 25.6. The lowest BCUT2D eigenvalue weighted by atomic mass is 9.64. The second-order valence-corrected chi connectivity index (χ2v) is 22.4. The lowest BCUT2D eigenvalue weighted by molar-refractivity contribution is -0.000497. The van der Waals surface area contributed by atoms with Gasteiger partial charge in [-0.15, -0.1) is 0 Å². The number of benzene rings is 4. The summed E-state index contributed by atoms with van der Waals surface area (Å²) in [5.41, 5.74) is 6.19. The SMILES string of the molecule is CC[C@H](CS(=O)(=O)N(Cc1ccc(OC)cc1)Cc1ccc(OC)cc1)C1C=C([C@@H](OC)[C@@H]2CC[C@H]2CN2C[C@@]3(CCCc4cc(Cl)ccc43)COc3ccc(C(=O)OC(C)(C)C)cc32)C1. The number of ether oxygens (including phenoxy) is 5. The molecule has 0 aromatic heterocycles. The van der Waals surface area contributed by atoms with Gasteiger partial charge in [0.2, 0.25) is 10.0 Å². The fourth-order valence-corrected chi connectivity index (χ4v) is 12.9. The zero-order valence-electron chi connectivity index (χ0n) is 39.7. The number of sulfonamides is 1. The molecule has 6 atom stereocenters. The molecule has 10 nitrogen and oxygen atoms in total. The normalized spacial score (nSPS) is 22.4. The predicted molar refractivity (Wildman–Crippen MR) is 261 cm³/mol. The lowest BCUT2D eigenvalue weighted by Crippen LogP contribution is -2.50. The molecule has 1 aliphatic heterocycles. The largest absolute Gasteiger partial charge is 0.497 e. The molecule has 1 fully saturated rings. The van der Waals surface area contributed by atoms with E-state index in [9.17, 15) is 13.2 Å². The van der Waals surface area contributed by atoms with Crippen LogP contribution in [0.2, 0.25) is 5.02 Å². The van der Waals surface area contributed by atoms with Crippen molar-refractivity contribution in [3.63, 3.8) is 0 Å². The Morgan fingerprint density at radius 3 is 2.17 bits per heavy atom. The molecule has 1 spiro atoms. The highest BCUT2D eigenvalue weighted by molar-refractivity contribution is 7.89. The third kappa shape index (κ3) is 10.6. The van der Waals surface area contributed by atoms with Crippen LogP contribution < -0.4 is 19.1 Å². The quantitative estimate of drug-likeness (QED) is 0.0756. The van der Waals surface area contributed by atoms with Crippen molar-refractivity contribution < 1.29 is 36.9 Å². The number of carbonyl (C=O) groups excluding carboxylic acids is 1. The molecule has 66 heavy (non-hydrogen) atoms. The molecule has 354 valence electrons. The molecule has 0 amide bonds. The summed E-state index contributed by atoms with van der Waals surface area (Å²) in [5.74, 6) is 2.67. The van der Waals surface area contributed by atoms with Gasteiger partial charge in [0.25, 0.3) is 0 Å². The number of carbonyl (C=O) groups is 1. The standard InChI is InChI=1S/C54H67ClN2O8S/c1-8-38(33-66(59,60)57(30-36-11-18-45(61-5)19-12-36)31-37-13-20-46(62-6)21-14-37)42-26-43(27-42)51(63-7)47-22-15-41(47)32-56-34-54(25-9-10-39-28-44(55)17-23-48(39)54)35-64-50-24-16-40(29-49(50)56)52(58)65-53(2,3)4/h11-14,16-21,23-24,26,28-29,38,41-42,47,51H,8-10,15,22,25,27,30-35H2,1-7H3/t38-,41+,42?,47-,51-,54+/m1/s1. The number of hydrogen-bond donors (Lipinski definition) is 0. The monoisotopic (exact) mass is 938 g/mol. The Morgan fingerprint density at radius 2 is 1.59 bits per heavy atom. The minimum absolute atomic E-state index is 0.0418. The number of aryl methyl sites for hydroxylation is 1. The predicted octanol–water partition coefficient (Wildman–Crippen LogP) is 10.8. The van der Waals surface area contributed by atoms with Crippen LogP contribution >= 0.6 is 11.6 Å². The van der Waals surface area contributed by atoms with E-state index in [0.717, 1.165) is 97.1 Å². The van der Waals surface area contributed by atoms with Crippen molar-refractivity contribution >= 4 is 33.3 Å². The summed E-state index contributed by atoms with van der Waals surface area (Å²) < 4.78 is 60.2. The minimum atomic E-state index is -3.68. The number of allylic oxidation sites excluding steroid dienone is 1. The molecule has 0 N–H and O–H groups in total. The Balaban J connectivity index is 1.01. The van der Waals surface area contributed by atoms with E-state index < -0.39 is 15.6 Å². The first kappa shape index (κ1) is 47.9. The number of halogens is 1. The number of esters is 1. The second-order valence-electron chi connectivity index (χ2n) is 20.0. The van der Waals surface area contributed by atoms with Crippen LogP contribution in [0.3, 0.4) is 0 Å². The molecule has 4 aromatic rings. The molecular weight excluding hydrogens is 872 g/mol. The van der Waals surface area contributed by atoms with Gasteiger partial charge in [0.15, 0.2) is 0 Å². The van der Waals surface area contributed by atoms with E-state index >= 15 is 0 Å². The van der Waals surface area contributed by atoms with Gasteiger partial charge in [-0.2, -0.15) is 4.31 Å². The van der Waals surface area contributed by atoms with Crippen molar-refractivity contribution in [1.29, 1.82) is 0 Å². The van der Waals surface area contributed by atoms with Crippen molar-refractivity contribution in [1.82, 2.24) is 4.31 Å². The third-order valence-electron chi connectivity index (χ3n) is 14.5. The second kappa shape index (κ2) is 20.0. The van der Waals surface area contributed by atoms with Crippen LogP contribution in [0.25, 0.3) is 0 Å². The van der Waals surface area contributed by atoms with Gasteiger partial charge in [-0.05, 0) is 165 Å². The highest BCUT2D eigenvalue weighted by Gasteiger charge is 2.46. The fourth-order valence-electron chi connectivity index (χ4n) is 10.8. The summed E-state index contributed by atoms with van der Waals surface area (Å²) in [6.45, 7) is 10.3. The Hall–Kier alpha value is -4.55. The van der Waals surface area contributed by atoms with Gasteiger partial charge in [0.1, 0.15) is 22.8 Å². The molecule has 1 heterocycles. The first-order chi connectivity index (χ1) is 31.6. The van der Waals surface area contributed by atoms with E-state index in [1.165, 1.54) is 16.7 Å². The third-order valence-corrected chi connectivity index (χ3v) is 16.6. The summed E-state index contributed by atoms with van der Waals surface area (Å²) in [5, 5.41) is 0.751. The highest BCUT2D eigenvalue weighted by Crippen LogP contribution is 2.49. The minimum Gasteiger partial charge on any atom is -0.497 e. The van der Waals surface area contributed by atoms with E-state index in [2.05, 4.69) is 30.0 Å². The number of fused-ring (bicyclic) bond motifs is 3. The number of rotatable bonds is 17. The van der Waals surface area contributed by atoms with E-state index in [1.807, 2.05) is 101 Å². The summed E-state index contributed by atoms with van der Waals surface area (Å²) in [6.07, 6.45) is 8.94. The van der Waals surface area contributed by atoms with Crippen LogP contribution in [0, 0.1) is 23.7 Å². The van der Waals surface area contributed by atoms with E-state index in [0.29, 0.717) is 24.0 Å². The smallest absolute Gasteiger partial charge is 0.338 e. The molecule has 3 aliphatic carbocycles. The molecule has 12 heteroatoms. The van der Waals surface area contributed by atoms with Crippen LogP contribution in [0.4, 0.5) is 5.69 Å². The Morgan fingerprint density at radius 1 is 0.924 bits per heavy atom. The molecule has 0 saturated heterocycles.